The third kappa shape index (κ3) is 5.18. The standard InChI is InChI=1S/C33H31N3O3S/c1-25-17-19-29(20-18-25)40(37,38)32-33(39-31(34-32)28-15-9-4-10-16-28)36-23-21-35(22-24-36)30(26-11-5-2-6-12-26)27-13-7-3-8-14-27/h2-20,30H,21-24H2,1H3. The van der Waals surface area contributed by atoms with E-state index in [1.165, 1.54) is 11.1 Å². The van der Waals surface area contributed by atoms with Crippen molar-refractivity contribution in [3.63, 3.8) is 0 Å². The van der Waals surface area contributed by atoms with Crippen LogP contribution >= 0.6 is 0 Å². The molecule has 7 heteroatoms. The largest absolute Gasteiger partial charge is 0.419 e. The molecule has 6 nitrogen and oxygen atoms in total. The van der Waals surface area contributed by atoms with Crippen molar-refractivity contribution in [3.8, 4) is 11.5 Å². The van der Waals surface area contributed by atoms with Crippen molar-refractivity contribution in [2.75, 3.05) is 31.1 Å². The van der Waals surface area contributed by atoms with Gasteiger partial charge in [-0.15, -0.1) is 0 Å². The van der Waals surface area contributed by atoms with E-state index in [2.05, 4.69) is 58.4 Å². The summed E-state index contributed by atoms with van der Waals surface area (Å²) in [6.07, 6.45) is 0. The minimum Gasteiger partial charge on any atom is -0.419 e. The summed E-state index contributed by atoms with van der Waals surface area (Å²) >= 11 is 0. The molecular formula is C33H31N3O3S. The first kappa shape index (κ1) is 26.0. The van der Waals surface area contributed by atoms with Crippen LogP contribution < -0.4 is 4.90 Å². The Bertz CT molecular complexity index is 1620. The Hall–Kier alpha value is -4.20. The van der Waals surface area contributed by atoms with Crippen molar-refractivity contribution in [2.45, 2.75) is 22.9 Å². The van der Waals surface area contributed by atoms with Gasteiger partial charge in [0.25, 0.3) is 0 Å². The van der Waals surface area contributed by atoms with Gasteiger partial charge in [-0.1, -0.05) is 96.6 Å². The van der Waals surface area contributed by atoms with Crippen molar-refractivity contribution in [3.05, 3.63) is 132 Å². The van der Waals surface area contributed by atoms with E-state index in [-0.39, 0.29) is 16.0 Å². The van der Waals surface area contributed by atoms with E-state index >= 15 is 0 Å². The molecule has 0 N–H and O–H groups in total. The zero-order valence-corrected chi connectivity index (χ0v) is 23.2. The predicted octanol–water partition coefficient (Wildman–Crippen LogP) is 6.39. The maximum Gasteiger partial charge on any atom is 0.236 e. The molecule has 4 aromatic carbocycles. The first-order valence-electron chi connectivity index (χ1n) is 13.5. The molecule has 0 unspecified atom stereocenters. The van der Waals surface area contributed by atoms with E-state index in [4.69, 9.17) is 4.42 Å². The molecule has 0 atom stereocenters. The molecule has 0 bridgehead atoms. The molecule has 1 aliphatic rings. The molecule has 0 radical (unpaired) electrons. The van der Waals surface area contributed by atoms with Gasteiger partial charge in [0.1, 0.15) is 0 Å². The summed E-state index contributed by atoms with van der Waals surface area (Å²) < 4.78 is 33.9. The minimum atomic E-state index is -3.90. The molecule has 0 amide bonds. The van der Waals surface area contributed by atoms with Gasteiger partial charge in [-0.3, -0.25) is 4.90 Å². The molecule has 1 aliphatic heterocycles. The van der Waals surface area contributed by atoms with Crippen LogP contribution in [0.3, 0.4) is 0 Å². The number of hydrogen-bond donors (Lipinski definition) is 0. The highest BCUT2D eigenvalue weighted by molar-refractivity contribution is 7.91. The Morgan fingerprint density at radius 3 is 1.77 bits per heavy atom. The van der Waals surface area contributed by atoms with Crippen LogP contribution in [0.1, 0.15) is 22.7 Å². The van der Waals surface area contributed by atoms with Gasteiger partial charge >= 0.3 is 0 Å². The summed E-state index contributed by atoms with van der Waals surface area (Å²) in [5.41, 5.74) is 4.19. The first-order chi connectivity index (χ1) is 19.5. The molecule has 1 fully saturated rings. The molecule has 202 valence electrons. The van der Waals surface area contributed by atoms with Crippen molar-refractivity contribution < 1.29 is 12.8 Å². The molecule has 5 aromatic rings. The van der Waals surface area contributed by atoms with Gasteiger partial charge in [-0.05, 0) is 42.3 Å². The average molecular weight is 550 g/mol. The Labute approximate surface area is 235 Å². The van der Waals surface area contributed by atoms with Crippen LogP contribution in [-0.4, -0.2) is 44.5 Å². The number of oxazole rings is 1. The molecule has 1 aromatic heterocycles. The molecule has 0 saturated carbocycles. The minimum absolute atomic E-state index is 0.0358. The van der Waals surface area contributed by atoms with Crippen LogP contribution in [0, 0.1) is 6.92 Å². The number of benzene rings is 4. The summed E-state index contributed by atoms with van der Waals surface area (Å²) in [4.78, 5) is 9.24. The number of sulfone groups is 1. The second kappa shape index (κ2) is 11.1. The Balaban J connectivity index is 1.33. The van der Waals surface area contributed by atoms with Gasteiger partial charge in [0.2, 0.25) is 26.6 Å². The molecule has 1 saturated heterocycles. The van der Waals surface area contributed by atoms with Crippen LogP contribution in [0.2, 0.25) is 0 Å². The lowest BCUT2D eigenvalue weighted by Gasteiger charge is -2.39. The molecular weight excluding hydrogens is 518 g/mol. The van der Waals surface area contributed by atoms with E-state index in [1.54, 1.807) is 24.3 Å². The Kier molecular flexibility index (Phi) is 7.24. The third-order valence-electron chi connectivity index (χ3n) is 7.38. The van der Waals surface area contributed by atoms with Crippen LogP contribution in [0.25, 0.3) is 11.5 Å². The Morgan fingerprint density at radius 2 is 1.23 bits per heavy atom. The predicted molar refractivity (Wildman–Crippen MR) is 157 cm³/mol. The van der Waals surface area contributed by atoms with E-state index in [1.807, 2.05) is 54.3 Å². The normalized spacial score (nSPS) is 14.5. The number of aromatic nitrogens is 1. The molecule has 0 aliphatic carbocycles. The lowest BCUT2D eigenvalue weighted by atomic mass is 9.96. The third-order valence-corrected chi connectivity index (χ3v) is 9.05. The van der Waals surface area contributed by atoms with Crippen molar-refractivity contribution in [1.82, 2.24) is 9.88 Å². The smallest absolute Gasteiger partial charge is 0.236 e. The van der Waals surface area contributed by atoms with Crippen LogP contribution in [0.5, 0.6) is 0 Å². The number of nitrogens with zero attached hydrogens (tertiary/aromatic N) is 3. The fourth-order valence-corrected chi connectivity index (χ4v) is 6.60. The second-order valence-electron chi connectivity index (χ2n) is 10.1. The lowest BCUT2D eigenvalue weighted by molar-refractivity contribution is 0.209. The molecule has 40 heavy (non-hydrogen) atoms. The fraction of sp³-hybridized carbons (Fsp3) is 0.182. The first-order valence-corrected chi connectivity index (χ1v) is 15.0. The van der Waals surface area contributed by atoms with E-state index in [0.717, 1.165) is 24.2 Å². The second-order valence-corrected chi connectivity index (χ2v) is 11.9. The molecule has 0 spiro atoms. The zero-order valence-electron chi connectivity index (χ0n) is 22.4. The van der Waals surface area contributed by atoms with E-state index in [0.29, 0.717) is 24.9 Å². The highest BCUT2D eigenvalue weighted by Gasteiger charge is 2.34. The number of hydrogen-bond acceptors (Lipinski definition) is 6. The van der Waals surface area contributed by atoms with Gasteiger partial charge in [-0.25, -0.2) is 8.42 Å². The average Bonchev–Trinajstić information content (AvgIpc) is 3.46. The van der Waals surface area contributed by atoms with Gasteiger partial charge in [-0.2, -0.15) is 4.98 Å². The summed E-state index contributed by atoms with van der Waals surface area (Å²) in [6, 6.07) is 37.4. The number of anilines is 1. The zero-order chi connectivity index (χ0) is 27.5. The highest BCUT2D eigenvalue weighted by Crippen LogP contribution is 2.36. The van der Waals surface area contributed by atoms with Crippen LogP contribution in [0.4, 0.5) is 5.88 Å². The number of piperazine rings is 1. The van der Waals surface area contributed by atoms with Crippen molar-refractivity contribution >= 4 is 15.7 Å². The molecule has 2 heterocycles. The van der Waals surface area contributed by atoms with Crippen LogP contribution in [0.15, 0.2) is 130 Å². The monoisotopic (exact) mass is 549 g/mol. The van der Waals surface area contributed by atoms with Gasteiger partial charge in [0.05, 0.1) is 10.9 Å². The summed E-state index contributed by atoms with van der Waals surface area (Å²) in [5, 5.41) is -0.0358. The Morgan fingerprint density at radius 1 is 0.700 bits per heavy atom. The summed E-state index contributed by atoms with van der Waals surface area (Å²) in [7, 11) is -3.90. The quantitative estimate of drug-likeness (QED) is 0.234. The van der Waals surface area contributed by atoms with Gasteiger partial charge in [0.15, 0.2) is 0 Å². The van der Waals surface area contributed by atoms with Gasteiger partial charge in [0, 0.05) is 31.7 Å². The van der Waals surface area contributed by atoms with Crippen molar-refractivity contribution in [1.29, 1.82) is 0 Å². The van der Waals surface area contributed by atoms with E-state index in [9.17, 15) is 8.42 Å². The lowest BCUT2D eigenvalue weighted by Crippen LogP contribution is -2.48. The van der Waals surface area contributed by atoms with E-state index < -0.39 is 9.84 Å². The molecule has 6 rings (SSSR count). The maximum atomic E-state index is 13.8. The summed E-state index contributed by atoms with van der Waals surface area (Å²) in [6.45, 7) is 4.62. The fourth-order valence-electron chi connectivity index (χ4n) is 5.27. The topological polar surface area (TPSA) is 66.7 Å². The maximum absolute atomic E-state index is 13.8. The number of aryl methyl sites for hydroxylation is 1. The van der Waals surface area contributed by atoms with Crippen LogP contribution in [-0.2, 0) is 9.84 Å². The number of rotatable bonds is 7. The summed E-state index contributed by atoms with van der Waals surface area (Å²) in [5.74, 6) is 0.602. The highest BCUT2D eigenvalue weighted by atomic mass is 32.2. The SMILES string of the molecule is Cc1ccc(S(=O)(=O)c2nc(-c3ccccc3)oc2N2CCN(C(c3ccccc3)c3ccccc3)CC2)cc1. The van der Waals surface area contributed by atoms with Gasteiger partial charge < -0.3 is 9.32 Å². The van der Waals surface area contributed by atoms with Crippen molar-refractivity contribution in [2.24, 2.45) is 0 Å².